The summed E-state index contributed by atoms with van der Waals surface area (Å²) in [6, 6.07) is 16.6. The minimum Gasteiger partial charge on any atom is -0.239 e. The van der Waals surface area contributed by atoms with Crippen LogP contribution in [0.25, 0.3) is 10.9 Å². The van der Waals surface area contributed by atoms with Crippen LogP contribution in [0, 0.1) is 11.8 Å². The molecule has 0 bridgehead atoms. The number of hydrogen-bond donors (Lipinski definition) is 0. The number of alkyl halides is 3. The Labute approximate surface area is 125 Å². The molecule has 3 rings (SSSR count). The van der Waals surface area contributed by atoms with Gasteiger partial charge < -0.3 is 0 Å². The minimum absolute atomic E-state index is 0.255. The van der Waals surface area contributed by atoms with E-state index in [9.17, 15) is 13.2 Å². The van der Waals surface area contributed by atoms with Gasteiger partial charge in [-0.3, -0.25) is 0 Å². The molecule has 0 radical (unpaired) electrons. The van der Waals surface area contributed by atoms with Gasteiger partial charge in [0.25, 0.3) is 0 Å². The third-order valence-electron chi connectivity index (χ3n) is 3.13. The zero-order valence-corrected chi connectivity index (χ0v) is 11.4. The summed E-state index contributed by atoms with van der Waals surface area (Å²) in [4.78, 5) is 4.06. The highest BCUT2D eigenvalue weighted by atomic mass is 19.4. The second-order valence-corrected chi connectivity index (χ2v) is 4.69. The molecule has 0 aliphatic heterocycles. The van der Waals surface area contributed by atoms with Gasteiger partial charge in [-0.15, -0.1) is 0 Å². The SMILES string of the molecule is FC(F)(F)c1cc2ccccc2nc1C#Cc1ccccc1. The summed E-state index contributed by atoms with van der Waals surface area (Å²) in [6.07, 6.45) is -4.49. The summed E-state index contributed by atoms with van der Waals surface area (Å²) < 4.78 is 39.6. The van der Waals surface area contributed by atoms with Gasteiger partial charge >= 0.3 is 6.18 Å². The highest BCUT2D eigenvalue weighted by Crippen LogP contribution is 2.33. The number of halogens is 3. The molecule has 0 unspecified atom stereocenters. The van der Waals surface area contributed by atoms with E-state index >= 15 is 0 Å². The molecule has 1 nitrogen and oxygen atoms in total. The Hall–Kier alpha value is -2.80. The lowest BCUT2D eigenvalue weighted by molar-refractivity contribution is -0.137. The average Bonchev–Trinajstić information content (AvgIpc) is 2.52. The fourth-order valence-electron chi connectivity index (χ4n) is 2.08. The number of pyridine rings is 1. The Morgan fingerprint density at radius 1 is 0.818 bits per heavy atom. The first-order valence-corrected chi connectivity index (χ1v) is 6.58. The first-order chi connectivity index (χ1) is 10.5. The maximum absolute atomic E-state index is 13.2. The standard InChI is InChI=1S/C18H10F3N/c19-18(20,21)15-12-14-8-4-5-9-16(14)22-17(15)11-10-13-6-2-1-3-7-13/h1-9,12H. The summed E-state index contributed by atoms with van der Waals surface area (Å²) >= 11 is 0. The Balaban J connectivity index is 2.17. The number of para-hydroxylation sites is 1. The number of hydrogen-bond acceptors (Lipinski definition) is 1. The van der Waals surface area contributed by atoms with E-state index < -0.39 is 11.7 Å². The second-order valence-electron chi connectivity index (χ2n) is 4.69. The number of fused-ring (bicyclic) bond motifs is 1. The van der Waals surface area contributed by atoms with Crippen molar-refractivity contribution < 1.29 is 13.2 Å². The summed E-state index contributed by atoms with van der Waals surface area (Å²) in [7, 11) is 0. The number of nitrogens with zero attached hydrogens (tertiary/aromatic N) is 1. The molecule has 0 saturated carbocycles. The molecule has 0 atom stereocenters. The molecule has 2 aromatic carbocycles. The Bertz CT molecular complexity index is 871. The molecule has 0 aliphatic rings. The van der Waals surface area contributed by atoms with E-state index in [4.69, 9.17) is 0 Å². The van der Waals surface area contributed by atoms with Crippen molar-refractivity contribution in [3.63, 3.8) is 0 Å². The molecule has 3 aromatic rings. The van der Waals surface area contributed by atoms with E-state index in [1.165, 1.54) is 0 Å². The van der Waals surface area contributed by atoms with Crippen molar-refractivity contribution >= 4 is 10.9 Å². The van der Waals surface area contributed by atoms with Crippen LogP contribution in [0.5, 0.6) is 0 Å². The number of aromatic nitrogens is 1. The van der Waals surface area contributed by atoms with E-state index in [-0.39, 0.29) is 5.69 Å². The van der Waals surface area contributed by atoms with Crippen molar-refractivity contribution in [3.8, 4) is 11.8 Å². The lowest BCUT2D eigenvalue weighted by Crippen LogP contribution is -2.09. The van der Waals surface area contributed by atoms with Crippen molar-refractivity contribution in [3.05, 3.63) is 77.5 Å². The van der Waals surface area contributed by atoms with Gasteiger partial charge in [0.1, 0.15) is 5.69 Å². The van der Waals surface area contributed by atoms with Gasteiger partial charge in [0.15, 0.2) is 0 Å². The average molecular weight is 297 g/mol. The second kappa shape index (κ2) is 5.53. The van der Waals surface area contributed by atoms with Gasteiger partial charge in [0.2, 0.25) is 0 Å². The minimum atomic E-state index is -4.49. The molecule has 1 heterocycles. The van der Waals surface area contributed by atoms with E-state index in [0.717, 1.165) is 6.07 Å². The maximum Gasteiger partial charge on any atom is 0.419 e. The van der Waals surface area contributed by atoms with Crippen LogP contribution in [0.4, 0.5) is 13.2 Å². The fourth-order valence-corrected chi connectivity index (χ4v) is 2.08. The van der Waals surface area contributed by atoms with Crippen LogP contribution in [0.3, 0.4) is 0 Å². The van der Waals surface area contributed by atoms with Gasteiger partial charge in [0.05, 0.1) is 11.1 Å². The van der Waals surface area contributed by atoms with Crippen molar-refractivity contribution in [1.29, 1.82) is 0 Å². The van der Waals surface area contributed by atoms with Gasteiger partial charge in [-0.25, -0.2) is 4.98 Å². The molecule has 0 N–H and O–H groups in total. The van der Waals surface area contributed by atoms with Crippen molar-refractivity contribution in [2.24, 2.45) is 0 Å². The third kappa shape index (κ3) is 2.94. The van der Waals surface area contributed by atoms with Crippen molar-refractivity contribution in [2.45, 2.75) is 6.18 Å². The molecule has 22 heavy (non-hydrogen) atoms. The van der Waals surface area contributed by atoms with E-state index in [2.05, 4.69) is 16.8 Å². The van der Waals surface area contributed by atoms with Crippen LogP contribution in [0.2, 0.25) is 0 Å². The van der Waals surface area contributed by atoms with Crippen LogP contribution >= 0.6 is 0 Å². The summed E-state index contributed by atoms with van der Waals surface area (Å²) in [5.74, 6) is 5.27. The molecule has 1 aromatic heterocycles. The zero-order chi connectivity index (χ0) is 15.6. The monoisotopic (exact) mass is 297 g/mol. The Morgan fingerprint density at radius 2 is 1.50 bits per heavy atom. The zero-order valence-electron chi connectivity index (χ0n) is 11.4. The van der Waals surface area contributed by atoms with E-state index in [1.807, 2.05) is 6.07 Å². The molecule has 4 heteroatoms. The van der Waals surface area contributed by atoms with Gasteiger partial charge in [-0.2, -0.15) is 13.2 Å². The fraction of sp³-hybridized carbons (Fsp3) is 0.0556. The van der Waals surface area contributed by atoms with Crippen molar-refractivity contribution in [1.82, 2.24) is 4.98 Å². The predicted molar refractivity (Wildman–Crippen MR) is 79.2 cm³/mol. The lowest BCUT2D eigenvalue weighted by atomic mass is 10.1. The van der Waals surface area contributed by atoms with E-state index in [0.29, 0.717) is 16.5 Å². The summed E-state index contributed by atoms with van der Waals surface area (Å²) in [6.45, 7) is 0. The first-order valence-electron chi connectivity index (χ1n) is 6.58. The summed E-state index contributed by atoms with van der Waals surface area (Å²) in [5.41, 5.74) is 0.0723. The molecule has 108 valence electrons. The quantitative estimate of drug-likeness (QED) is 0.550. The van der Waals surface area contributed by atoms with E-state index in [1.54, 1.807) is 48.5 Å². The molecule has 0 saturated heterocycles. The lowest BCUT2D eigenvalue weighted by Gasteiger charge is -2.10. The Morgan fingerprint density at radius 3 is 2.23 bits per heavy atom. The van der Waals surface area contributed by atoms with Gasteiger partial charge in [0, 0.05) is 10.9 Å². The normalized spacial score (nSPS) is 11.0. The largest absolute Gasteiger partial charge is 0.419 e. The molecule has 0 spiro atoms. The molecule has 0 amide bonds. The Kier molecular flexibility index (Phi) is 3.56. The molecule has 0 aliphatic carbocycles. The van der Waals surface area contributed by atoms with Gasteiger partial charge in [-0.1, -0.05) is 42.3 Å². The van der Waals surface area contributed by atoms with Gasteiger partial charge in [-0.05, 0) is 30.2 Å². The first kappa shape index (κ1) is 14.2. The van der Waals surface area contributed by atoms with Crippen LogP contribution in [0.1, 0.15) is 16.8 Å². The maximum atomic E-state index is 13.2. The van der Waals surface area contributed by atoms with Crippen LogP contribution < -0.4 is 0 Å². The number of rotatable bonds is 0. The molecular formula is C18H10F3N. The predicted octanol–water partition coefficient (Wildman–Crippen LogP) is 4.65. The topological polar surface area (TPSA) is 12.9 Å². The summed E-state index contributed by atoms with van der Waals surface area (Å²) in [5, 5.41) is 0.445. The highest BCUT2D eigenvalue weighted by Gasteiger charge is 2.34. The smallest absolute Gasteiger partial charge is 0.239 e. The number of benzene rings is 2. The molecule has 0 fully saturated rings. The highest BCUT2D eigenvalue weighted by molar-refractivity contribution is 5.80. The van der Waals surface area contributed by atoms with Crippen LogP contribution in [0.15, 0.2) is 60.7 Å². The molecular weight excluding hydrogens is 287 g/mol. The third-order valence-corrected chi connectivity index (χ3v) is 3.13. The van der Waals surface area contributed by atoms with Crippen LogP contribution in [-0.4, -0.2) is 4.98 Å². The van der Waals surface area contributed by atoms with Crippen LogP contribution in [-0.2, 0) is 6.18 Å². The van der Waals surface area contributed by atoms with Crippen molar-refractivity contribution in [2.75, 3.05) is 0 Å².